The standard InChI is InChI=1S/C24H32N2O4/c1-6-18(3)25-24(28)19(4)26(15-20-11-13-21(29-5)14-12-20)23(27)16-30-22-10-8-7-9-17(22)2/h7-14,18-19H,6,15-16H2,1-5H3,(H,25,28)/t18-,19+/m1/s1. The second-order valence-electron chi connectivity index (χ2n) is 7.42. The molecule has 2 atom stereocenters. The second kappa shape index (κ2) is 11.2. The van der Waals surface area contributed by atoms with E-state index in [1.54, 1.807) is 18.9 Å². The minimum absolute atomic E-state index is 0.0427. The van der Waals surface area contributed by atoms with Crippen LogP contribution in [0.25, 0.3) is 0 Å². The van der Waals surface area contributed by atoms with E-state index in [0.29, 0.717) is 12.3 Å². The van der Waals surface area contributed by atoms with Crippen LogP contribution in [0.5, 0.6) is 11.5 Å². The molecule has 0 heterocycles. The van der Waals surface area contributed by atoms with Gasteiger partial charge < -0.3 is 19.7 Å². The van der Waals surface area contributed by atoms with Crippen LogP contribution in [0.1, 0.15) is 38.3 Å². The van der Waals surface area contributed by atoms with E-state index in [1.165, 1.54) is 0 Å². The number of carbonyl (C=O) groups is 2. The van der Waals surface area contributed by atoms with Crippen molar-refractivity contribution in [3.05, 3.63) is 59.7 Å². The maximum Gasteiger partial charge on any atom is 0.261 e. The molecule has 162 valence electrons. The number of nitrogens with zero attached hydrogens (tertiary/aromatic N) is 1. The number of para-hydroxylation sites is 1. The molecule has 0 saturated carbocycles. The molecule has 0 saturated heterocycles. The number of carbonyl (C=O) groups excluding carboxylic acids is 2. The molecule has 2 rings (SSSR count). The van der Waals surface area contributed by atoms with Crippen LogP contribution in [0.3, 0.4) is 0 Å². The third-order valence-corrected chi connectivity index (χ3v) is 5.13. The summed E-state index contributed by atoms with van der Waals surface area (Å²) in [6, 6.07) is 14.4. The van der Waals surface area contributed by atoms with Gasteiger partial charge in [-0.1, -0.05) is 37.3 Å². The molecule has 0 unspecified atom stereocenters. The van der Waals surface area contributed by atoms with Gasteiger partial charge in [-0.15, -0.1) is 0 Å². The third kappa shape index (κ3) is 6.51. The SMILES string of the molecule is CC[C@@H](C)NC(=O)[C@H](C)N(Cc1ccc(OC)cc1)C(=O)COc1ccccc1C. The molecule has 2 aromatic rings. The summed E-state index contributed by atoms with van der Waals surface area (Å²) in [5.41, 5.74) is 1.86. The number of nitrogens with one attached hydrogen (secondary N) is 1. The fourth-order valence-corrected chi connectivity index (χ4v) is 2.92. The Bertz CT molecular complexity index is 835. The molecule has 0 aliphatic carbocycles. The van der Waals surface area contributed by atoms with Crippen LogP contribution >= 0.6 is 0 Å². The van der Waals surface area contributed by atoms with Crippen LogP contribution in [0.4, 0.5) is 0 Å². The molecular weight excluding hydrogens is 380 g/mol. The topological polar surface area (TPSA) is 67.9 Å². The largest absolute Gasteiger partial charge is 0.497 e. The fraction of sp³-hybridized carbons (Fsp3) is 0.417. The minimum atomic E-state index is -0.630. The van der Waals surface area contributed by atoms with Crippen LogP contribution in [0.2, 0.25) is 0 Å². The molecule has 0 aliphatic rings. The van der Waals surface area contributed by atoms with Crippen molar-refractivity contribution in [3.8, 4) is 11.5 Å². The van der Waals surface area contributed by atoms with Crippen LogP contribution in [0, 0.1) is 6.92 Å². The van der Waals surface area contributed by atoms with Gasteiger partial charge in [0.15, 0.2) is 6.61 Å². The normalized spacial score (nSPS) is 12.6. The quantitative estimate of drug-likeness (QED) is 0.646. The van der Waals surface area contributed by atoms with Gasteiger partial charge in [0.2, 0.25) is 5.91 Å². The minimum Gasteiger partial charge on any atom is -0.497 e. The Hall–Kier alpha value is -3.02. The van der Waals surface area contributed by atoms with E-state index in [0.717, 1.165) is 23.3 Å². The molecule has 0 aliphatic heterocycles. The smallest absolute Gasteiger partial charge is 0.261 e. The number of benzene rings is 2. The summed E-state index contributed by atoms with van der Waals surface area (Å²) in [6.45, 7) is 7.79. The van der Waals surface area contributed by atoms with Crippen molar-refractivity contribution >= 4 is 11.8 Å². The van der Waals surface area contributed by atoms with Gasteiger partial charge in [-0.05, 0) is 56.5 Å². The summed E-state index contributed by atoms with van der Waals surface area (Å²) >= 11 is 0. The molecule has 2 aromatic carbocycles. The van der Waals surface area contributed by atoms with Crippen molar-refractivity contribution in [3.63, 3.8) is 0 Å². The van der Waals surface area contributed by atoms with Gasteiger partial charge in [0.1, 0.15) is 17.5 Å². The number of methoxy groups -OCH3 is 1. The molecule has 0 spiro atoms. The number of ether oxygens (including phenoxy) is 2. The lowest BCUT2D eigenvalue weighted by Crippen LogP contribution is -2.50. The number of hydrogen-bond donors (Lipinski definition) is 1. The molecule has 0 aromatic heterocycles. The van der Waals surface area contributed by atoms with E-state index in [2.05, 4.69) is 5.32 Å². The molecule has 0 radical (unpaired) electrons. The summed E-state index contributed by atoms with van der Waals surface area (Å²) < 4.78 is 10.9. The number of amides is 2. The average Bonchev–Trinajstić information content (AvgIpc) is 2.76. The number of hydrogen-bond acceptors (Lipinski definition) is 4. The van der Waals surface area contributed by atoms with Crippen molar-refractivity contribution in [1.82, 2.24) is 10.2 Å². The van der Waals surface area contributed by atoms with Crippen molar-refractivity contribution in [2.24, 2.45) is 0 Å². The lowest BCUT2D eigenvalue weighted by Gasteiger charge is -2.29. The van der Waals surface area contributed by atoms with Crippen molar-refractivity contribution in [2.45, 2.75) is 52.7 Å². The Labute approximate surface area is 179 Å². The first-order valence-corrected chi connectivity index (χ1v) is 10.3. The average molecular weight is 413 g/mol. The second-order valence-corrected chi connectivity index (χ2v) is 7.42. The highest BCUT2D eigenvalue weighted by Gasteiger charge is 2.27. The molecule has 1 N–H and O–H groups in total. The predicted octanol–water partition coefficient (Wildman–Crippen LogP) is 3.71. The Kier molecular flexibility index (Phi) is 8.71. The summed E-state index contributed by atoms with van der Waals surface area (Å²) in [5.74, 6) is 0.969. The van der Waals surface area contributed by atoms with Crippen molar-refractivity contribution in [1.29, 1.82) is 0 Å². The Morgan fingerprint density at radius 3 is 2.33 bits per heavy atom. The van der Waals surface area contributed by atoms with Crippen LogP contribution in [-0.4, -0.2) is 42.5 Å². The lowest BCUT2D eigenvalue weighted by molar-refractivity contribution is -0.142. The van der Waals surface area contributed by atoms with Gasteiger partial charge in [-0.2, -0.15) is 0 Å². The summed E-state index contributed by atoms with van der Waals surface area (Å²) in [6.07, 6.45) is 0.821. The zero-order valence-corrected chi connectivity index (χ0v) is 18.5. The van der Waals surface area contributed by atoms with E-state index in [4.69, 9.17) is 9.47 Å². The first-order chi connectivity index (χ1) is 14.3. The number of rotatable bonds is 10. The molecule has 0 bridgehead atoms. The summed E-state index contributed by atoms with van der Waals surface area (Å²) in [5, 5.41) is 2.96. The van der Waals surface area contributed by atoms with Gasteiger partial charge in [-0.25, -0.2) is 0 Å². The highest BCUT2D eigenvalue weighted by molar-refractivity contribution is 5.88. The molecule has 0 fully saturated rings. The first-order valence-electron chi connectivity index (χ1n) is 10.3. The fourth-order valence-electron chi connectivity index (χ4n) is 2.92. The zero-order chi connectivity index (χ0) is 22.1. The Balaban J connectivity index is 2.16. The number of aryl methyl sites for hydroxylation is 1. The Morgan fingerprint density at radius 1 is 1.07 bits per heavy atom. The maximum atomic E-state index is 13.1. The van der Waals surface area contributed by atoms with Crippen LogP contribution < -0.4 is 14.8 Å². The van der Waals surface area contributed by atoms with Gasteiger partial charge in [-0.3, -0.25) is 9.59 Å². The molecule has 6 heteroatoms. The zero-order valence-electron chi connectivity index (χ0n) is 18.5. The molecule has 6 nitrogen and oxygen atoms in total. The first kappa shape index (κ1) is 23.3. The van der Waals surface area contributed by atoms with Crippen LogP contribution in [-0.2, 0) is 16.1 Å². The third-order valence-electron chi connectivity index (χ3n) is 5.13. The van der Waals surface area contributed by atoms with E-state index < -0.39 is 6.04 Å². The van der Waals surface area contributed by atoms with E-state index >= 15 is 0 Å². The highest BCUT2D eigenvalue weighted by Crippen LogP contribution is 2.18. The van der Waals surface area contributed by atoms with Gasteiger partial charge >= 0.3 is 0 Å². The lowest BCUT2D eigenvalue weighted by atomic mass is 10.1. The molecule has 30 heavy (non-hydrogen) atoms. The van der Waals surface area contributed by atoms with Gasteiger partial charge in [0.05, 0.1) is 7.11 Å². The Morgan fingerprint density at radius 2 is 1.73 bits per heavy atom. The van der Waals surface area contributed by atoms with E-state index in [-0.39, 0.29) is 24.5 Å². The van der Waals surface area contributed by atoms with E-state index in [9.17, 15) is 9.59 Å². The van der Waals surface area contributed by atoms with Gasteiger partial charge in [0, 0.05) is 12.6 Å². The highest BCUT2D eigenvalue weighted by atomic mass is 16.5. The summed E-state index contributed by atoms with van der Waals surface area (Å²) in [4.78, 5) is 27.3. The molecular formula is C24H32N2O4. The van der Waals surface area contributed by atoms with Gasteiger partial charge in [0.25, 0.3) is 5.91 Å². The van der Waals surface area contributed by atoms with E-state index in [1.807, 2.05) is 69.3 Å². The van der Waals surface area contributed by atoms with Crippen molar-refractivity contribution < 1.29 is 19.1 Å². The molecule has 2 amide bonds. The predicted molar refractivity (Wildman–Crippen MR) is 118 cm³/mol. The summed E-state index contributed by atoms with van der Waals surface area (Å²) in [7, 11) is 1.61. The maximum absolute atomic E-state index is 13.1. The van der Waals surface area contributed by atoms with Crippen LogP contribution in [0.15, 0.2) is 48.5 Å². The monoisotopic (exact) mass is 412 g/mol. The van der Waals surface area contributed by atoms with Crippen molar-refractivity contribution in [2.75, 3.05) is 13.7 Å².